The number of hydrogen-bond acceptors (Lipinski definition) is 8. The predicted molar refractivity (Wildman–Crippen MR) is 173 cm³/mol. The van der Waals surface area contributed by atoms with Crippen molar-refractivity contribution in [1.29, 1.82) is 0 Å². The molecule has 1 saturated carbocycles. The summed E-state index contributed by atoms with van der Waals surface area (Å²) in [6.45, 7) is 4.76. The Balaban J connectivity index is 1.38. The van der Waals surface area contributed by atoms with Gasteiger partial charge in [-0.3, -0.25) is 19.4 Å². The molecule has 45 heavy (non-hydrogen) atoms. The van der Waals surface area contributed by atoms with Crippen molar-refractivity contribution < 1.29 is 19.1 Å². The molecule has 5 rings (SSSR count). The number of pyridine rings is 1. The van der Waals surface area contributed by atoms with E-state index in [1.54, 1.807) is 43.5 Å². The van der Waals surface area contributed by atoms with Crippen LogP contribution in [-0.4, -0.2) is 59.0 Å². The molecule has 0 atom stereocenters. The van der Waals surface area contributed by atoms with Crippen molar-refractivity contribution >= 4 is 34.9 Å². The number of hydrogen-bond donors (Lipinski definition) is 3. The van der Waals surface area contributed by atoms with Crippen LogP contribution >= 0.6 is 0 Å². The first kappa shape index (κ1) is 31.1. The monoisotopic (exact) mass is 607 g/mol. The smallest absolute Gasteiger partial charge is 0.273 e. The third-order valence-electron chi connectivity index (χ3n) is 7.65. The summed E-state index contributed by atoms with van der Waals surface area (Å²) < 4.78 is 5.81. The SMILES string of the molecule is CNC(=O)c1nnc(NC(=O)C2CC2)cc1Nc1cccc(-c2ccc(C(=O)N(C)Cc3ccccc3C(C)C)nc2)c1OC. The molecule has 2 aromatic carbocycles. The van der Waals surface area contributed by atoms with Crippen LogP contribution < -0.4 is 20.7 Å². The summed E-state index contributed by atoms with van der Waals surface area (Å²) in [4.78, 5) is 44.3. The Morgan fingerprint density at radius 2 is 1.78 bits per heavy atom. The molecule has 0 unspecified atom stereocenters. The lowest BCUT2D eigenvalue weighted by molar-refractivity contribution is -0.117. The van der Waals surface area contributed by atoms with E-state index in [-0.39, 0.29) is 29.2 Å². The molecule has 1 aliphatic carbocycles. The number of ether oxygens (including phenoxy) is 1. The number of benzene rings is 2. The lowest BCUT2D eigenvalue weighted by Crippen LogP contribution is -2.27. The zero-order valence-corrected chi connectivity index (χ0v) is 26.0. The van der Waals surface area contributed by atoms with Crippen molar-refractivity contribution in [2.45, 2.75) is 39.2 Å². The van der Waals surface area contributed by atoms with Crippen LogP contribution in [0.4, 0.5) is 17.2 Å². The van der Waals surface area contributed by atoms with E-state index in [0.717, 1.165) is 29.5 Å². The van der Waals surface area contributed by atoms with E-state index in [9.17, 15) is 14.4 Å². The van der Waals surface area contributed by atoms with Crippen LogP contribution in [-0.2, 0) is 11.3 Å². The van der Waals surface area contributed by atoms with Crippen LogP contribution in [0.25, 0.3) is 11.1 Å². The molecule has 11 heteroatoms. The highest BCUT2D eigenvalue weighted by molar-refractivity contribution is 6.00. The maximum absolute atomic E-state index is 13.3. The number of para-hydroxylation sites is 1. The van der Waals surface area contributed by atoms with Gasteiger partial charge in [0, 0.05) is 49.9 Å². The topological polar surface area (TPSA) is 138 Å². The molecule has 232 valence electrons. The fourth-order valence-electron chi connectivity index (χ4n) is 5.08. The van der Waals surface area contributed by atoms with Gasteiger partial charge < -0.3 is 25.6 Å². The third-order valence-corrected chi connectivity index (χ3v) is 7.65. The number of nitrogens with zero attached hydrogens (tertiary/aromatic N) is 4. The summed E-state index contributed by atoms with van der Waals surface area (Å²) in [7, 11) is 4.82. The first-order valence-corrected chi connectivity index (χ1v) is 14.8. The van der Waals surface area contributed by atoms with E-state index in [2.05, 4.69) is 51.0 Å². The fraction of sp³-hybridized carbons (Fsp3) is 0.294. The highest BCUT2D eigenvalue weighted by atomic mass is 16.5. The highest BCUT2D eigenvalue weighted by Crippen LogP contribution is 2.38. The van der Waals surface area contributed by atoms with Gasteiger partial charge in [-0.25, -0.2) is 0 Å². The van der Waals surface area contributed by atoms with Crippen LogP contribution in [0.2, 0.25) is 0 Å². The van der Waals surface area contributed by atoms with Crippen LogP contribution in [0.5, 0.6) is 5.75 Å². The lowest BCUT2D eigenvalue weighted by atomic mass is 9.97. The van der Waals surface area contributed by atoms with E-state index in [1.165, 1.54) is 12.6 Å². The Morgan fingerprint density at radius 3 is 2.44 bits per heavy atom. The first-order chi connectivity index (χ1) is 21.7. The summed E-state index contributed by atoms with van der Waals surface area (Å²) in [5.74, 6) is 0.312. The van der Waals surface area contributed by atoms with Gasteiger partial charge in [0.2, 0.25) is 5.91 Å². The van der Waals surface area contributed by atoms with Crippen LogP contribution in [0.15, 0.2) is 66.9 Å². The van der Waals surface area contributed by atoms with Crippen LogP contribution in [0.1, 0.15) is 64.7 Å². The average Bonchev–Trinajstić information content (AvgIpc) is 3.90. The molecule has 0 saturated heterocycles. The summed E-state index contributed by atoms with van der Waals surface area (Å²) in [6.07, 6.45) is 3.33. The van der Waals surface area contributed by atoms with Gasteiger partial charge in [-0.2, -0.15) is 0 Å². The summed E-state index contributed by atoms with van der Waals surface area (Å²) >= 11 is 0. The molecular formula is C34H37N7O4. The minimum absolute atomic E-state index is 0.0177. The number of amides is 3. The molecule has 1 aliphatic rings. The van der Waals surface area contributed by atoms with Crippen molar-refractivity contribution in [3.8, 4) is 16.9 Å². The lowest BCUT2D eigenvalue weighted by Gasteiger charge is -2.20. The minimum Gasteiger partial charge on any atom is -0.494 e. The molecule has 0 aliphatic heterocycles. The second kappa shape index (κ2) is 13.5. The van der Waals surface area contributed by atoms with Crippen molar-refractivity contribution in [2.75, 3.05) is 31.8 Å². The highest BCUT2D eigenvalue weighted by Gasteiger charge is 2.30. The van der Waals surface area contributed by atoms with Gasteiger partial charge in [-0.1, -0.05) is 56.3 Å². The molecule has 3 amide bonds. The molecule has 0 radical (unpaired) electrons. The van der Waals surface area contributed by atoms with Crippen molar-refractivity contribution in [2.24, 2.45) is 5.92 Å². The second-order valence-electron chi connectivity index (χ2n) is 11.3. The summed E-state index contributed by atoms with van der Waals surface area (Å²) in [5.41, 5.74) is 5.05. The van der Waals surface area contributed by atoms with Gasteiger partial charge in [0.1, 0.15) is 11.4 Å². The summed E-state index contributed by atoms with van der Waals surface area (Å²) in [5, 5.41) is 16.7. The molecule has 0 bridgehead atoms. The molecule has 2 heterocycles. The maximum Gasteiger partial charge on any atom is 0.273 e. The average molecular weight is 608 g/mol. The minimum atomic E-state index is -0.442. The van der Waals surface area contributed by atoms with E-state index in [1.807, 2.05) is 36.4 Å². The molecule has 1 fully saturated rings. The largest absolute Gasteiger partial charge is 0.494 e. The maximum atomic E-state index is 13.3. The molecule has 11 nitrogen and oxygen atoms in total. The van der Waals surface area contributed by atoms with Crippen molar-refractivity contribution in [3.63, 3.8) is 0 Å². The van der Waals surface area contributed by atoms with Gasteiger partial charge in [-0.05, 0) is 42.0 Å². The zero-order valence-electron chi connectivity index (χ0n) is 26.0. The number of nitrogens with one attached hydrogen (secondary N) is 3. The van der Waals surface area contributed by atoms with Crippen LogP contribution in [0, 0.1) is 5.92 Å². The third kappa shape index (κ3) is 7.09. The van der Waals surface area contributed by atoms with Crippen molar-refractivity contribution in [3.05, 3.63) is 89.4 Å². The molecule has 3 N–H and O–H groups in total. The van der Waals surface area contributed by atoms with E-state index >= 15 is 0 Å². The van der Waals surface area contributed by atoms with Crippen molar-refractivity contribution in [1.82, 2.24) is 25.4 Å². The Labute approximate surface area is 262 Å². The summed E-state index contributed by atoms with van der Waals surface area (Å²) in [6, 6.07) is 18.8. The number of carbonyl (C=O) groups excluding carboxylic acids is 3. The molecule has 2 aromatic heterocycles. The Hall–Kier alpha value is -5.32. The molecular weight excluding hydrogens is 570 g/mol. The second-order valence-corrected chi connectivity index (χ2v) is 11.3. The van der Waals surface area contributed by atoms with E-state index < -0.39 is 5.91 Å². The number of aromatic nitrogens is 3. The quantitative estimate of drug-likeness (QED) is 0.206. The number of carbonyl (C=O) groups is 3. The fourth-order valence-corrected chi connectivity index (χ4v) is 5.08. The zero-order chi connectivity index (χ0) is 32.1. The van der Waals surface area contributed by atoms with Gasteiger partial charge in [-0.15, -0.1) is 10.2 Å². The number of rotatable bonds is 11. The number of anilines is 3. The van der Waals surface area contributed by atoms with Crippen LogP contribution in [0.3, 0.4) is 0 Å². The first-order valence-electron chi connectivity index (χ1n) is 14.8. The Kier molecular flexibility index (Phi) is 9.36. The predicted octanol–water partition coefficient (Wildman–Crippen LogP) is 5.39. The standard InChI is InChI=1S/C34H37N7O4/c1-20(2)24-10-7-6-9-23(24)19-41(4)34(44)27-16-15-22(18-36-27)25-11-8-12-26(31(25)45-5)37-28-17-29(38-32(42)21-13-14-21)39-40-30(28)33(43)35-3/h6-12,15-18,20-21H,13-14,19H2,1-5H3,(H,35,43)(H2,37,38,39,42). The van der Waals surface area contributed by atoms with Gasteiger partial charge >= 0.3 is 0 Å². The van der Waals surface area contributed by atoms with Gasteiger partial charge in [0.15, 0.2) is 11.5 Å². The van der Waals surface area contributed by atoms with Gasteiger partial charge in [0.25, 0.3) is 11.8 Å². The Bertz CT molecular complexity index is 1720. The Morgan fingerprint density at radius 1 is 1.00 bits per heavy atom. The normalized spacial score (nSPS) is 12.4. The molecule has 0 spiro atoms. The van der Waals surface area contributed by atoms with E-state index in [4.69, 9.17) is 4.74 Å². The number of methoxy groups -OCH3 is 1. The van der Waals surface area contributed by atoms with E-state index in [0.29, 0.717) is 35.3 Å². The van der Waals surface area contributed by atoms with Gasteiger partial charge in [0.05, 0.1) is 18.5 Å². The molecule has 4 aromatic rings.